The summed E-state index contributed by atoms with van der Waals surface area (Å²) in [5.41, 5.74) is 0.438. The molecule has 2 unspecified atom stereocenters. The van der Waals surface area contributed by atoms with Gasteiger partial charge in [-0.2, -0.15) is 4.31 Å². The first-order valence-corrected chi connectivity index (χ1v) is 8.20. The Hall–Kier alpha value is -0.880. The van der Waals surface area contributed by atoms with Crippen molar-refractivity contribution in [2.45, 2.75) is 57.4 Å². The van der Waals surface area contributed by atoms with Crippen LogP contribution >= 0.6 is 0 Å². The van der Waals surface area contributed by atoms with E-state index in [-0.39, 0.29) is 10.9 Å². The van der Waals surface area contributed by atoms with Crippen LogP contribution in [0.3, 0.4) is 0 Å². The molecule has 0 aliphatic heterocycles. The summed E-state index contributed by atoms with van der Waals surface area (Å²) >= 11 is 0. The van der Waals surface area contributed by atoms with Crippen LogP contribution in [0.15, 0.2) is 9.42 Å². The molecule has 19 heavy (non-hydrogen) atoms. The standard InChI is InChI=1S/C13H22N2O3S/c1-9-7-5-6-8-12(9)15(4)19(16,17)13-10(2)14-18-11(13)3/h9,12H,5-8H2,1-4H3. The Balaban J connectivity index is 2.34. The van der Waals surface area contributed by atoms with Crippen LogP contribution in [0, 0.1) is 19.8 Å². The quantitative estimate of drug-likeness (QED) is 0.856. The molecule has 1 aromatic rings. The maximum atomic E-state index is 12.7. The van der Waals surface area contributed by atoms with Crippen molar-refractivity contribution < 1.29 is 12.9 Å². The summed E-state index contributed by atoms with van der Waals surface area (Å²) in [6, 6.07) is 0.0763. The molecule has 1 aliphatic rings. The highest BCUT2D eigenvalue weighted by molar-refractivity contribution is 7.89. The number of aryl methyl sites for hydroxylation is 2. The molecule has 0 N–H and O–H groups in total. The molecule has 2 rings (SSSR count). The third-order valence-electron chi connectivity index (χ3n) is 4.14. The van der Waals surface area contributed by atoms with Gasteiger partial charge in [-0.25, -0.2) is 8.42 Å². The van der Waals surface area contributed by atoms with Gasteiger partial charge in [-0.05, 0) is 32.6 Å². The van der Waals surface area contributed by atoms with Gasteiger partial charge in [-0.3, -0.25) is 0 Å². The third kappa shape index (κ3) is 2.56. The molecule has 0 radical (unpaired) electrons. The summed E-state index contributed by atoms with van der Waals surface area (Å²) in [5.74, 6) is 0.766. The fourth-order valence-corrected chi connectivity index (χ4v) is 4.77. The van der Waals surface area contributed by atoms with E-state index in [2.05, 4.69) is 12.1 Å². The van der Waals surface area contributed by atoms with Crippen molar-refractivity contribution in [3.05, 3.63) is 11.5 Å². The highest BCUT2D eigenvalue weighted by Gasteiger charge is 2.36. The molecule has 1 aliphatic carbocycles. The lowest BCUT2D eigenvalue weighted by molar-refractivity contribution is 0.213. The van der Waals surface area contributed by atoms with Crippen molar-refractivity contribution in [3.8, 4) is 0 Å². The van der Waals surface area contributed by atoms with Gasteiger partial charge in [0.25, 0.3) is 0 Å². The van der Waals surface area contributed by atoms with E-state index in [1.165, 1.54) is 10.7 Å². The van der Waals surface area contributed by atoms with Crippen molar-refractivity contribution in [1.82, 2.24) is 9.46 Å². The highest BCUT2D eigenvalue weighted by atomic mass is 32.2. The smallest absolute Gasteiger partial charge is 0.248 e. The Labute approximate surface area is 115 Å². The minimum absolute atomic E-state index is 0.0763. The van der Waals surface area contributed by atoms with Gasteiger partial charge in [-0.15, -0.1) is 0 Å². The molecule has 0 aromatic carbocycles. The van der Waals surface area contributed by atoms with Crippen molar-refractivity contribution >= 4 is 10.0 Å². The molecule has 1 aromatic heterocycles. The van der Waals surface area contributed by atoms with Crippen LogP contribution in [-0.4, -0.2) is 31.0 Å². The normalized spacial score (nSPS) is 24.9. The number of aromatic nitrogens is 1. The fourth-order valence-electron chi connectivity index (χ4n) is 3.00. The largest absolute Gasteiger partial charge is 0.360 e. The number of hydrogen-bond acceptors (Lipinski definition) is 4. The zero-order valence-corrected chi connectivity index (χ0v) is 12.8. The Morgan fingerprint density at radius 2 is 1.89 bits per heavy atom. The van der Waals surface area contributed by atoms with Gasteiger partial charge in [0.1, 0.15) is 10.6 Å². The van der Waals surface area contributed by atoms with Gasteiger partial charge < -0.3 is 4.52 Å². The van der Waals surface area contributed by atoms with Gasteiger partial charge in [0.05, 0.1) is 0 Å². The molecule has 5 nitrogen and oxygen atoms in total. The molecule has 1 heterocycles. The second-order valence-corrected chi connectivity index (χ2v) is 7.44. The molecule has 6 heteroatoms. The molecular weight excluding hydrogens is 264 g/mol. The minimum Gasteiger partial charge on any atom is -0.360 e. The monoisotopic (exact) mass is 286 g/mol. The predicted molar refractivity (Wildman–Crippen MR) is 72.3 cm³/mol. The van der Waals surface area contributed by atoms with E-state index < -0.39 is 10.0 Å². The summed E-state index contributed by atoms with van der Waals surface area (Å²) in [6.45, 7) is 5.44. The van der Waals surface area contributed by atoms with Gasteiger partial charge in [-0.1, -0.05) is 24.9 Å². The molecule has 1 fully saturated rings. The van der Waals surface area contributed by atoms with E-state index >= 15 is 0 Å². The molecule has 2 atom stereocenters. The molecule has 0 saturated heterocycles. The summed E-state index contributed by atoms with van der Waals surface area (Å²) in [5, 5.41) is 3.75. The zero-order valence-electron chi connectivity index (χ0n) is 12.0. The highest BCUT2D eigenvalue weighted by Crippen LogP contribution is 2.32. The first-order chi connectivity index (χ1) is 8.85. The number of sulfonamides is 1. The van der Waals surface area contributed by atoms with Gasteiger partial charge in [0.15, 0.2) is 5.76 Å². The molecule has 0 bridgehead atoms. The Bertz CT molecular complexity index is 531. The molecule has 108 valence electrons. The lowest BCUT2D eigenvalue weighted by Gasteiger charge is -2.35. The molecule has 0 amide bonds. The summed E-state index contributed by atoms with van der Waals surface area (Å²) < 4.78 is 31.9. The van der Waals surface area contributed by atoms with Gasteiger partial charge in [0, 0.05) is 13.1 Å². The van der Waals surface area contributed by atoms with Crippen LogP contribution in [0.5, 0.6) is 0 Å². The molecular formula is C13H22N2O3S. The predicted octanol–water partition coefficient (Wildman–Crippen LogP) is 2.49. The van der Waals surface area contributed by atoms with Gasteiger partial charge in [0.2, 0.25) is 10.0 Å². The average Bonchev–Trinajstić information content (AvgIpc) is 2.69. The van der Waals surface area contributed by atoms with E-state index in [0.717, 1.165) is 19.3 Å². The number of rotatable bonds is 3. The molecule has 0 spiro atoms. The number of hydrogen-bond donors (Lipinski definition) is 0. The lowest BCUT2D eigenvalue weighted by atomic mass is 9.86. The van der Waals surface area contributed by atoms with Crippen molar-refractivity contribution in [2.75, 3.05) is 7.05 Å². The maximum Gasteiger partial charge on any atom is 0.248 e. The summed E-state index contributed by atoms with van der Waals surface area (Å²) in [4.78, 5) is 0.229. The SMILES string of the molecule is Cc1noc(C)c1S(=O)(=O)N(C)C1CCCCC1C. The summed E-state index contributed by atoms with van der Waals surface area (Å²) in [6.07, 6.45) is 4.31. The number of nitrogens with zero attached hydrogens (tertiary/aromatic N) is 2. The van der Waals surface area contributed by atoms with E-state index in [1.807, 2.05) is 0 Å². The van der Waals surface area contributed by atoms with Gasteiger partial charge >= 0.3 is 0 Å². The second kappa shape index (κ2) is 5.25. The van der Waals surface area contributed by atoms with Crippen LogP contribution < -0.4 is 0 Å². The Morgan fingerprint density at radius 3 is 2.42 bits per heavy atom. The lowest BCUT2D eigenvalue weighted by Crippen LogP contribution is -2.42. The second-order valence-electron chi connectivity index (χ2n) is 5.50. The van der Waals surface area contributed by atoms with Crippen LogP contribution in [0.1, 0.15) is 44.1 Å². The summed E-state index contributed by atoms with van der Waals surface area (Å²) in [7, 11) is -1.84. The zero-order chi connectivity index (χ0) is 14.2. The fraction of sp³-hybridized carbons (Fsp3) is 0.769. The van der Waals surface area contributed by atoms with Crippen LogP contribution in [0.25, 0.3) is 0 Å². The van der Waals surface area contributed by atoms with Crippen molar-refractivity contribution in [3.63, 3.8) is 0 Å². The minimum atomic E-state index is -3.51. The van der Waals surface area contributed by atoms with Crippen LogP contribution in [0.2, 0.25) is 0 Å². The average molecular weight is 286 g/mol. The first-order valence-electron chi connectivity index (χ1n) is 6.76. The van der Waals surface area contributed by atoms with Crippen LogP contribution in [0.4, 0.5) is 0 Å². The van der Waals surface area contributed by atoms with E-state index in [9.17, 15) is 8.42 Å². The Kier molecular flexibility index (Phi) is 4.01. The van der Waals surface area contributed by atoms with E-state index in [4.69, 9.17) is 4.52 Å². The Morgan fingerprint density at radius 1 is 1.26 bits per heavy atom. The van der Waals surface area contributed by atoms with E-state index in [0.29, 0.717) is 17.4 Å². The van der Waals surface area contributed by atoms with Crippen LogP contribution in [-0.2, 0) is 10.0 Å². The molecule has 1 saturated carbocycles. The first kappa shape index (κ1) is 14.5. The maximum absolute atomic E-state index is 12.7. The third-order valence-corrected chi connectivity index (χ3v) is 6.27. The topological polar surface area (TPSA) is 63.4 Å². The van der Waals surface area contributed by atoms with Crippen molar-refractivity contribution in [2.24, 2.45) is 5.92 Å². The van der Waals surface area contributed by atoms with Crippen molar-refractivity contribution in [1.29, 1.82) is 0 Å². The van der Waals surface area contributed by atoms with E-state index in [1.54, 1.807) is 20.9 Å².